The van der Waals surface area contributed by atoms with Crippen LogP contribution in [-0.4, -0.2) is 26.0 Å². The quantitative estimate of drug-likeness (QED) is 0.641. The Morgan fingerprint density at radius 3 is 2.47 bits per heavy atom. The molecule has 0 bridgehead atoms. The van der Waals surface area contributed by atoms with E-state index in [4.69, 9.17) is 10.5 Å². The van der Waals surface area contributed by atoms with Gasteiger partial charge < -0.3 is 15.2 Å². The Bertz CT molecular complexity index is 419. The first kappa shape index (κ1) is 15.6. The molecule has 3 nitrogen and oxygen atoms in total. The smallest absolute Gasteiger partial charge is 0.411 e. The first-order valence-corrected chi connectivity index (χ1v) is 5.94. The number of hydrogen-bond donors (Lipinski definition) is 1. The van der Waals surface area contributed by atoms with Crippen LogP contribution in [0.5, 0.6) is 5.75 Å². The van der Waals surface area contributed by atoms with Crippen LogP contribution in [0.15, 0.2) is 12.1 Å². The van der Waals surface area contributed by atoms with Gasteiger partial charge in [-0.3, -0.25) is 0 Å². The highest BCUT2D eigenvalue weighted by molar-refractivity contribution is 5.56. The van der Waals surface area contributed by atoms with Crippen molar-refractivity contribution in [2.45, 2.75) is 26.4 Å². The van der Waals surface area contributed by atoms with Gasteiger partial charge in [-0.2, -0.15) is 13.2 Å². The third-order valence-electron chi connectivity index (χ3n) is 2.59. The first-order valence-electron chi connectivity index (χ1n) is 5.94. The van der Waals surface area contributed by atoms with Crippen LogP contribution in [0.1, 0.15) is 17.5 Å². The second-order valence-electron chi connectivity index (χ2n) is 4.30. The summed E-state index contributed by atoms with van der Waals surface area (Å²) in [6, 6.07) is 3.64. The lowest BCUT2D eigenvalue weighted by atomic mass is 10.1. The molecular formula is C13H18F3NO2. The van der Waals surface area contributed by atoms with Crippen molar-refractivity contribution in [3.8, 4) is 5.75 Å². The molecular weight excluding hydrogens is 259 g/mol. The van der Waals surface area contributed by atoms with E-state index in [1.807, 2.05) is 19.9 Å². The molecule has 1 rings (SSSR count). The summed E-state index contributed by atoms with van der Waals surface area (Å²) in [6.45, 7) is 2.83. The monoisotopic (exact) mass is 277 g/mol. The van der Waals surface area contributed by atoms with Crippen molar-refractivity contribution in [3.63, 3.8) is 0 Å². The fourth-order valence-electron chi connectivity index (χ4n) is 1.59. The molecule has 1 aromatic rings. The topological polar surface area (TPSA) is 44.5 Å². The first-order chi connectivity index (χ1) is 8.81. The average Bonchev–Trinajstić information content (AvgIpc) is 2.31. The summed E-state index contributed by atoms with van der Waals surface area (Å²) in [4.78, 5) is 0. The summed E-state index contributed by atoms with van der Waals surface area (Å²) in [5.41, 5.74) is 8.18. The van der Waals surface area contributed by atoms with Crippen molar-refractivity contribution in [2.24, 2.45) is 0 Å². The van der Waals surface area contributed by atoms with Gasteiger partial charge >= 0.3 is 6.18 Å². The summed E-state index contributed by atoms with van der Waals surface area (Å²) in [6.07, 6.45) is -3.88. The molecule has 0 radical (unpaired) electrons. The second-order valence-corrected chi connectivity index (χ2v) is 4.30. The zero-order chi connectivity index (χ0) is 14.5. The van der Waals surface area contributed by atoms with Gasteiger partial charge in [0, 0.05) is 17.7 Å². The Balaban J connectivity index is 2.32. The van der Waals surface area contributed by atoms with Gasteiger partial charge in [0.2, 0.25) is 0 Å². The van der Waals surface area contributed by atoms with Gasteiger partial charge in [0.15, 0.2) is 0 Å². The number of halogens is 3. The fraction of sp³-hybridized carbons (Fsp3) is 0.538. The lowest BCUT2D eigenvalue weighted by Crippen LogP contribution is -2.18. The van der Waals surface area contributed by atoms with E-state index in [1.54, 1.807) is 6.07 Å². The Hall–Kier alpha value is -1.43. The van der Waals surface area contributed by atoms with Gasteiger partial charge in [-0.1, -0.05) is 6.07 Å². The minimum Gasteiger partial charge on any atom is -0.493 e. The number of hydrogen-bond acceptors (Lipinski definition) is 3. The molecule has 0 unspecified atom stereocenters. The van der Waals surface area contributed by atoms with Crippen LogP contribution in [0.3, 0.4) is 0 Å². The highest BCUT2D eigenvalue weighted by Crippen LogP contribution is 2.27. The fourth-order valence-corrected chi connectivity index (χ4v) is 1.59. The molecule has 0 heterocycles. The molecule has 0 fully saturated rings. The van der Waals surface area contributed by atoms with Crippen molar-refractivity contribution in [1.82, 2.24) is 0 Å². The van der Waals surface area contributed by atoms with Gasteiger partial charge in [0.1, 0.15) is 12.4 Å². The number of aryl methyl sites for hydroxylation is 1. The van der Waals surface area contributed by atoms with Crippen LogP contribution in [0.4, 0.5) is 18.9 Å². The number of nitrogens with two attached hydrogens (primary N) is 1. The van der Waals surface area contributed by atoms with Crippen molar-refractivity contribution < 1.29 is 22.6 Å². The molecule has 0 spiro atoms. The molecule has 6 heteroatoms. The highest BCUT2D eigenvalue weighted by atomic mass is 19.4. The van der Waals surface area contributed by atoms with E-state index in [0.717, 1.165) is 11.1 Å². The number of alkyl halides is 3. The summed E-state index contributed by atoms with van der Waals surface area (Å²) in [7, 11) is 0. The number of anilines is 1. The average molecular weight is 277 g/mol. The number of ether oxygens (including phenoxy) is 2. The van der Waals surface area contributed by atoms with Crippen LogP contribution in [0.2, 0.25) is 0 Å². The lowest BCUT2D eigenvalue weighted by molar-refractivity contribution is -0.174. The predicted molar refractivity (Wildman–Crippen MR) is 67.3 cm³/mol. The van der Waals surface area contributed by atoms with E-state index in [1.165, 1.54) is 0 Å². The van der Waals surface area contributed by atoms with Gasteiger partial charge in [0.25, 0.3) is 0 Å². The van der Waals surface area contributed by atoms with Gasteiger partial charge in [-0.25, -0.2) is 0 Å². The van der Waals surface area contributed by atoms with E-state index in [-0.39, 0.29) is 6.61 Å². The molecule has 108 valence electrons. The van der Waals surface area contributed by atoms with Crippen molar-refractivity contribution in [1.29, 1.82) is 0 Å². The maximum Gasteiger partial charge on any atom is 0.411 e. The summed E-state index contributed by atoms with van der Waals surface area (Å²) < 4.78 is 45.5. The molecule has 2 N–H and O–H groups in total. The van der Waals surface area contributed by atoms with Crippen LogP contribution >= 0.6 is 0 Å². The number of benzene rings is 1. The maximum atomic E-state index is 11.8. The molecule has 0 saturated heterocycles. The highest BCUT2D eigenvalue weighted by Gasteiger charge is 2.27. The summed E-state index contributed by atoms with van der Waals surface area (Å²) >= 11 is 0. The predicted octanol–water partition coefficient (Wildman–Crippen LogP) is 3.23. The van der Waals surface area contributed by atoms with Crippen LogP contribution in [0, 0.1) is 13.8 Å². The normalized spacial score (nSPS) is 11.6. The standard InChI is InChI=1S/C13H18F3NO2/c1-9-4-5-11(17)10(2)12(9)19-7-3-6-18-8-13(14,15)16/h4-5H,3,6-8,17H2,1-2H3. The Morgan fingerprint density at radius 1 is 1.16 bits per heavy atom. The molecule has 0 aliphatic heterocycles. The number of nitrogen functional groups attached to an aromatic ring is 1. The minimum atomic E-state index is -4.28. The third kappa shape index (κ3) is 5.38. The van der Waals surface area contributed by atoms with Gasteiger partial charge in [-0.05, 0) is 25.5 Å². The van der Waals surface area contributed by atoms with Crippen molar-refractivity contribution in [3.05, 3.63) is 23.3 Å². The van der Waals surface area contributed by atoms with E-state index in [0.29, 0.717) is 24.5 Å². The third-order valence-corrected chi connectivity index (χ3v) is 2.59. The molecule has 0 aliphatic rings. The molecule has 0 atom stereocenters. The second kappa shape index (κ2) is 6.65. The van der Waals surface area contributed by atoms with Crippen LogP contribution < -0.4 is 10.5 Å². The van der Waals surface area contributed by atoms with Crippen molar-refractivity contribution >= 4 is 5.69 Å². The van der Waals surface area contributed by atoms with Gasteiger partial charge in [0.05, 0.1) is 13.2 Å². The Labute approximate surface area is 110 Å². The van der Waals surface area contributed by atoms with Crippen LogP contribution in [-0.2, 0) is 4.74 Å². The van der Waals surface area contributed by atoms with Crippen LogP contribution in [0.25, 0.3) is 0 Å². The maximum absolute atomic E-state index is 11.8. The van der Waals surface area contributed by atoms with E-state index in [9.17, 15) is 13.2 Å². The molecule has 1 aromatic carbocycles. The molecule has 19 heavy (non-hydrogen) atoms. The Kier molecular flexibility index (Phi) is 5.47. The van der Waals surface area contributed by atoms with Crippen molar-refractivity contribution in [2.75, 3.05) is 25.6 Å². The van der Waals surface area contributed by atoms with E-state index < -0.39 is 12.8 Å². The summed E-state index contributed by atoms with van der Waals surface area (Å²) in [5, 5.41) is 0. The molecule has 0 aromatic heterocycles. The zero-order valence-corrected chi connectivity index (χ0v) is 11.0. The molecule has 0 saturated carbocycles. The molecule has 0 amide bonds. The summed E-state index contributed by atoms with van der Waals surface area (Å²) in [5.74, 6) is 0.691. The van der Waals surface area contributed by atoms with E-state index in [2.05, 4.69) is 4.74 Å². The zero-order valence-electron chi connectivity index (χ0n) is 11.0. The Morgan fingerprint density at radius 2 is 1.84 bits per heavy atom. The molecule has 0 aliphatic carbocycles. The SMILES string of the molecule is Cc1ccc(N)c(C)c1OCCCOCC(F)(F)F. The van der Waals surface area contributed by atoms with Gasteiger partial charge in [-0.15, -0.1) is 0 Å². The number of rotatable bonds is 6. The largest absolute Gasteiger partial charge is 0.493 e. The lowest BCUT2D eigenvalue weighted by Gasteiger charge is -2.14. The van der Waals surface area contributed by atoms with E-state index >= 15 is 0 Å². The minimum absolute atomic E-state index is 0.0138.